The molecule has 0 aliphatic heterocycles. The van der Waals surface area contributed by atoms with E-state index >= 15 is 0 Å². The normalized spacial score (nSPS) is 15.1. The average molecular weight is 760 g/mol. The third kappa shape index (κ3) is 6.87. The van der Waals surface area contributed by atoms with Gasteiger partial charge in [0.15, 0.2) is 11.6 Å². The molecule has 0 spiro atoms. The SMILES string of the molecule is Clc1ccc(Nc2nc3ccccc3c3nc(C4CCCC4)[nH]c23)cc1.Clc1ccc(Nc2nc3ccccc3c3nc(C4CCCC4)[nH]c23)cc1Cl. The van der Waals surface area contributed by atoms with Gasteiger partial charge in [-0.25, -0.2) is 19.9 Å². The summed E-state index contributed by atoms with van der Waals surface area (Å²) < 4.78 is 0. The maximum atomic E-state index is 6.17. The van der Waals surface area contributed by atoms with Crippen molar-refractivity contribution in [3.63, 3.8) is 0 Å². The lowest BCUT2D eigenvalue weighted by Gasteiger charge is -2.09. The van der Waals surface area contributed by atoms with E-state index in [0.717, 1.165) is 83.6 Å². The largest absolute Gasteiger partial charge is 0.339 e. The van der Waals surface area contributed by atoms with Gasteiger partial charge >= 0.3 is 0 Å². The van der Waals surface area contributed by atoms with Gasteiger partial charge in [-0.15, -0.1) is 0 Å². The topological polar surface area (TPSA) is 107 Å². The second-order valence-electron chi connectivity index (χ2n) is 14.0. The summed E-state index contributed by atoms with van der Waals surface area (Å²) in [6.07, 6.45) is 9.94. The molecule has 0 saturated heterocycles. The van der Waals surface area contributed by atoms with E-state index in [1.807, 2.05) is 66.7 Å². The first-order valence-corrected chi connectivity index (χ1v) is 19.4. The van der Waals surface area contributed by atoms with Crippen LogP contribution in [0.25, 0.3) is 43.9 Å². The maximum Gasteiger partial charge on any atom is 0.157 e. The predicted molar refractivity (Wildman–Crippen MR) is 220 cm³/mol. The van der Waals surface area contributed by atoms with Crippen molar-refractivity contribution in [3.05, 3.63) is 118 Å². The second kappa shape index (κ2) is 14.5. The molecule has 8 nitrogen and oxygen atoms in total. The Labute approximate surface area is 321 Å². The number of H-pyrrole nitrogens is 2. The number of pyridine rings is 2. The summed E-state index contributed by atoms with van der Waals surface area (Å²) in [5.41, 5.74) is 7.51. The maximum absolute atomic E-state index is 6.17. The van der Waals surface area contributed by atoms with Gasteiger partial charge in [-0.2, -0.15) is 0 Å². The van der Waals surface area contributed by atoms with Crippen molar-refractivity contribution in [2.75, 3.05) is 10.6 Å². The molecule has 11 heteroatoms. The first kappa shape index (κ1) is 33.9. The minimum atomic E-state index is 0.508. The van der Waals surface area contributed by atoms with Crippen LogP contribution in [0.5, 0.6) is 0 Å². The molecule has 4 aromatic carbocycles. The third-order valence-corrected chi connectivity index (χ3v) is 11.5. The number of hydrogen-bond acceptors (Lipinski definition) is 6. The van der Waals surface area contributed by atoms with Gasteiger partial charge in [-0.1, -0.05) is 96.9 Å². The highest BCUT2D eigenvalue weighted by Gasteiger charge is 2.24. The lowest BCUT2D eigenvalue weighted by atomic mass is 10.1. The number of aromatic nitrogens is 6. The van der Waals surface area contributed by atoms with Crippen molar-refractivity contribution in [2.45, 2.75) is 63.2 Å². The van der Waals surface area contributed by atoms with E-state index in [1.165, 1.54) is 51.4 Å². The summed E-state index contributed by atoms with van der Waals surface area (Å²) in [6, 6.07) is 29.4. The number of fused-ring (bicyclic) bond motifs is 6. The third-order valence-electron chi connectivity index (χ3n) is 10.5. The van der Waals surface area contributed by atoms with Crippen LogP contribution in [0.4, 0.5) is 23.0 Å². The Hall–Kier alpha value is -4.89. The molecule has 2 aliphatic carbocycles. The zero-order valence-corrected chi connectivity index (χ0v) is 31.2. The van der Waals surface area contributed by atoms with Gasteiger partial charge in [0, 0.05) is 39.0 Å². The van der Waals surface area contributed by atoms with Gasteiger partial charge in [0.2, 0.25) is 0 Å². The smallest absolute Gasteiger partial charge is 0.157 e. The molecule has 10 rings (SSSR count). The van der Waals surface area contributed by atoms with Crippen molar-refractivity contribution >= 4 is 102 Å². The highest BCUT2D eigenvalue weighted by atomic mass is 35.5. The molecule has 0 bridgehead atoms. The summed E-state index contributed by atoms with van der Waals surface area (Å²) in [6.45, 7) is 0. The Balaban J connectivity index is 0.000000141. The number of rotatable bonds is 6. The van der Waals surface area contributed by atoms with Gasteiger partial charge < -0.3 is 20.6 Å². The van der Waals surface area contributed by atoms with Crippen LogP contribution in [0.2, 0.25) is 15.1 Å². The fourth-order valence-electron chi connectivity index (χ4n) is 7.76. The predicted octanol–water partition coefficient (Wildman–Crippen LogP) is 13.0. The van der Waals surface area contributed by atoms with Crippen molar-refractivity contribution in [1.82, 2.24) is 29.9 Å². The quantitative estimate of drug-likeness (QED) is 0.134. The molecular weight excluding hydrogens is 723 g/mol. The lowest BCUT2D eigenvalue weighted by molar-refractivity contribution is 0.681. The molecule has 8 aromatic rings. The number of nitrogens with zero attached hydrogens (tertiary/aromatic N) is 4. The molecule has 2 fully saturated rings. The molecule has 53 heavy (non-hydrogen) atoms. The highest BCUT2D eigenvalue weighted by molar-refractivity contribution is 6.42. The van der Waals surface area contributed by atoms with Crippen molar-refractivity contribution in [3.8, 4) is 0 Å². The van der Waals surface area contributed by atoms with E-state index in [2.05, 4.69) is 32.7 Å². The number of nitrogens with one attached hydrogen (secondary N) is 4. The van der Waals surface area contributed by atoms with E-state index in [4.69, 9.17) is 54.7 Å². The van der Waals surface area contributed by atoms with Gasteiger partial charge in [0.1, 0.15) is 33.7 Å². The molecule has 266 valence electrons. The van der Waals surface area contributed by atoms with Gasteiger partial charge in [0.25, 0.3) is 0 Å². The zero-order chi connectivity index (χ0) is 35.9. The summed E-state index contributed by atoms with van der Waals surface area (Å²) in [7, 11) is 0. The van der Waals surface area contributed by atoms with Crippen LogP contribution < -0.4 is 10.6 Å². The summed E-state index contributed by atoms with van der Waals surface area (Å²) in [4.78, 5) is 26.8. The van der Waals surface area contributed by atoms with E-state index in [0.29, 0.717) is 21.9 Å². The van der Waals surface area contributed by atoms with Crippen LogP contribution in [-0.2, 0) is 0 Å². The highest BCUT2D eigenvalue weighted by Crippen LogP contribution is 2.38. The minimum Gasteiger partial charge on any atom is -0.339 e. The van der Waals surface area contributed by atoms with Gasteiger partial charge in [0.05, 0.1) is 21.1 Å². The Bertz CT molecular complexity index is 2580. The molecule has 0 atom stereocenters. The standard InChI is InChI=1S/C21H18Cl2N4.C21H19ClN4/c22-15-10-9-13(11-16(15)23)24-21-19-18(14-7-3-4-8-17(14)25-21)26-20(27-19)12-5-1-2-6-12;22-14-9-11-15(12-10-14)23-21-19-18(16-7-3-4-8-17(16)24-21)25-20(26-19)13-5-1-2-6-13/h3-4,7-12H,1-2,5-6H2,(H,24,25)(H,26,27);3-4,7-13H,1-2,5-6H2,(H,23,24)(H,25,26). The fourth-order valence-corrected chi connectivity index (χ4v) is 8.18. The molecular formula is C42H37Cl3N8. The average Bonchev–Trinajstić information content (AvgIpc) is 4.01. The van der Waals surface area contributed by atoms with Crippen LogP contribution >= 0.6 is 34.8 Å². The summed E-state index contributed by atoms with van der Waals surface area (Å²) in [5, 5.41) is 10.7. The first-order chi connectivity index (χ1) is 26.0. The number of halogens is 3. The molecule has 2 aliphatic rings. The van der Waals surface area contributed by atoms with Gasteiger partial charge in [-0.05, 0) is 80.3 Å². The van der Waals surface area contributed by atoms with E-state index in [1.54, 1.807) is 12.1 Å². The van der Waals surface area contributed by atoms with E-state index in [-0.39, 0.29) is 0 Å². The van der Waals surface area contributed by atoms with Crippen LogP contribution in [0, 0.1) is 0 Å². The van der Waals surface area contributed by atoms with E-state index < -0.39 is 0 Å². The fraction of sp³-hybridized carbons (Fsp3) is 0.238. The Morgan fingerprint density at radius 3 is 1.49 bits per heavy atom. The van der Waals surface area contributed by atoms with E-state index in [9.17, 15) is 0 Å². The Kier molecular flexibility index (Phi) is 9.28. The number of anilines is 4. The summed E-state index contributed by atoms with van der Waals surface area (Å²) in [5.74, 6) is 4.75. The van der Waals surface area contributed by atoms with Crippen LogP contribution in [-0.4, -0.2) is 29.9 Å². The van der Waals surface area contributed by atoms with Crippen molar-refractivity contribution in [2.24, 2.45) is 0 Å². The number of aromatic amines is 2. The molecule has 2 saturated carbocycles. The summed E-state index contributed by atoms with van der Waals surface area (Å²) >= 11 is 18.2. The Morgan fingerprint density at radius 1 is 0.509 bits per heavy atom. The van der Waals surface area contributed by atoms with Crippen LogP contribution in [0.15, 0.2) is 91.0 Å². The molecule has 4 aromatic heterocycles. The number of benzene rings is 4. The molecule has 0 radical (unpaired) electrons. The first-order valence-electron chi connectivity index (χ1n) is 18.3. The Morgan fingerprint density at radius 2 is 0.981 bits per heavy atom. The van der Waals surface area contributed by atoms with Crippen molar-refractivity contribution in [1.29, 1.82) is 0 Å². The van der Waals surface area contributed by atoms with Crippen LogP contribution in [0.3, 0.4) is 0 Å². The van der Waals surface area contributed by atoms with Crippen LogP contribution in [0.1, 0.15) is 74.9 Å². The number of hydrogen-bond donors (Lipinski definition) is 4. The number of para-hydroxylation sites is 2. The molecule has 4 heterocycles. The zero-order valence-electron chi connectivity index (χ0n) is 28.9. The number of imidazole rings is 2. The molecule has 0 amide bonds. The second-order valence-corrected chi connectivity index (χ2v) is 15.2. The minimum absolute atomic E-state index is 0.508. The lowest BCUT2D eigenvalue weighted by Crippen LogP contribution is -1.96. The van der Waals surface area contributed by atoms with Crippen molar-refractivity contribution < 1.29 is 0 Å². The van der Waals surface area contributed by atoms with Gasteiger partial charge in [-0.3, -0.25) is 0 Å². The molecule has 4 N–H and O–H groups in total. The monoisotopic (exact) mass is 758 g/mol. The molecule has 0 unspecified atom stereocenters.